The van der Waals surface area contributed by atoms with Crippen LogP contribution < -0.4 is 5.32 Å². The van der Waals surface area contributed by atoms with Crippen LogP contribution in [-0.4, -0.2) is 75.5 Å². The summed E-state index contributed by atoms with van der Waals surface area (Å²) in [6.07, 6.45) is 18.4. The van der Waals surface area contributed by atoms with Gasteiger partial charge in [-0.3, -0.25) is 9.59 Å². The van der Waals surface area contributed by atoms with Crippen LogP contribution in [0.3, 0.4) is 0 Å². The summed E-state index contributed by atoms with van der Waals surface area (Å²) >= 11 is 0. The van der Waals surface area contributed by atoms with Gasteiger partial charge in [0.2, 0.25) is 5.91 Å². The van der Waals surface area contributed by atoms with E-state index in [1.54, 1.807) is 7.11 Å². The molecule has 1 aliphatic heterocycles. The zero-order chi connectivity index (χ0) is 33.6. The zero-order valence-electron chi connectivity index (χ0n) is 30.8. The third-order valence-corrected chi connectivity index (χ3v) is 13.7. The maximum atomic E-state index is 12.8. The normalized spacial score (nSPS) is 35.0. The Labute approximate surface area is 286 Å². The van der Waals surface area contributed by atoms with Crippen molar-refractivity contribution in [3.05, 3.63) is 11.6 Å². The third kappa shape index (κ3) is 8.84. The molecular weight excluding hydrogens is 588 g/mol. The molecule has 3 saturated carbocycles. The van der Waals surface area contributed by atoms with Crippen LogP contribution in [-0.2, 0) is 23.8 Å². The van der Waals surface area contributed by atoms with Crippen molar-refractivity contribution in [2.75, 3.05) is 46.5 Å². The predicted molar refractivity (Wildman–Crippen MR) is 188 cm³/mol. The summed E-state index contributed by atoms with van der Waals surface area (Å²) in [6.45, 7) is 16.8. The molecule has 0 bridgehead atoms. The van der Waals surface area contributed by atoms with Gasteiger partial charge in [-0.25, -0.2) is 0 Å². The molecule has 47 heavy (non-hydrogen) atoms. The average molecular weight is 657 g/mol. The molecule has 0 aromatic rings. The summed E-state index contributed by atoms with van der Waals surface area (Å²) in [4.78, 5) is 27.7. The highest BCUT2D eigenvalue weighted by Crippen LogP contribution is 2.67. The lowest BCUT2D eigenvalue weighted by molar-refractivity contribution is -0.153. The van der Waals surface area contributed by atoms with E-state index in [4.69, 9.17) is 14.2 Å². The number of allylic oxidation sites excluding steroid dienone is 1. The van der Waals surface area contributed by atoms with Crippen molar-refractivity contribution < 1.29 is 23.8 Å². The van der Waals surface area contributed by atoms with Crippen LogP contribution in [0.25, 0.3) is 0 Å². The fraction of sp³-hybridized carbons (Fsp3) is 0.900. The van der Waals surface area contributed by atoms with Gasteiger partial charge in [0.15, 0.2) is 0 Å². The second-order valence-corrected chi connectivity index (χ2v) is 17.1. The van der Waals surface area contributed by atoms with E-state index in [-0.39, 0.29) is 30.0 Å². The number of rotatable bonds is 16. The van der Waals surface area contributed by atoms with Crippen LogP contribution in [0.2, 0.25) is 0 Å². The SMILES string of the molecule is COCC(CN1CCCC1)OCCNC(=O)CC(=O)O[C@H]1CC[C@@]2(C)C(=CC[C@H]3[C@@H]4CC[C@H]([C@H](C)CCCC(C)C)[C@@]4(C)CC[C@@H]32)C1. The maximum absolute atomic E-state index is 12.8. The first kappa shape index (κ1) is 36.8. The summed E-state index contributed by atoms with van der Waals surface area (Å²) in [5.74, 6) is 4.22. The Bertz CT molecular complexity index is 1070. The molecule has 268 valence electrons. The van der Waals surface area contributed by atoms with Crippen LogP contribution in [0, 0.1) is 46.3 Å². The van der Waals surface area contributed by atoms with E-state index in [0.717, 1.165) is 74.4 Å². The van der Waals surface area contributed by atoms with E-state index < -0.39 is 5.97 Å². The third-order valence-electron chi connectivity index (χ3n) is 13.7. The number of carbonyl (C=O) groups excluding carboxylic acids is 2. The van der Waals surface area contributed by atoms with E-state index in [9.17, 15) is 9.59 Å². The molecule has 1 amide bonds. The van der Waals surface area contributed by atoms with E-state index in [2.05, 4.69) is 50.9 Å². The van der Waals surface area contributed by atoms with E-state index in [1.165, 1.54) is 69.8 Å². The number of carbonyl (C=O) groups is 2. The highest BCUT2D eigenvalue weighted by molar-refractivity contribution is 5.94. The number of esters is 1. The lowest BCUT2D eigenvalue weighted by Crippen LogP contribution is -2.51. The zero-order valence-corrected chi connectivity index (χ0v) is 30.8. The molecule has 4 fully saturated rings. The van der Waals surface area contributed by atoms with Crippen molar-refractivity contribution in [2.45, 2.75) is 137 Å². The van der Waals surface area contributed by atoms with Gasteiger partial charge in [0, 0.05) is 26.6 Å². The molecule has 5 aliphatic rings. The van der Waals surface area contributed by atoms with Gasteiger partial charge in [-0.2, -0.15) is 0 Å². The van der Waals surface area contributed by atoms with Gasteiger partial charge in [0.05, 0.1) is 19.3 Å². The van der Waals surface area contributed by atoms with Crippen LogP contribution in [0.4, 0.5) is 0 Å². The Morgan fingerprint density at radius 3 is 2.55 bits per heavy atom. The summed E-state index contributed by atoms with van der Waals surface area (Å²) in [6, 6.07) is 0. The van der Waals surface area contributed by atoms with Crippen molar-refractivity contribution in [1.29, 1.82) is 0 Å². The number of nitrogens with zero attached hydrogens (tertiary/aromatic N) is 1. The molecule has 1 heterocycles. The van der Waals surface area contributed by atoms with Crippen LogP contribution in [0.5, 0.6) is 0 Å². The van der Waals surface area contributed by atoms with Crippen molar-refractivity contribution in [3.8, 4) is 0 Å². The van der Waals surface area contributed by atoms with Crippen LogP contribution in [0.15, 0.2) is 11.6 Å². The standard InChI is InChI=1S/C40H68N2O5/c1-28(2)10-9-11-29(3)34-14-15-35-33-13-12-30-24-31(16-18-39(30,4)36(33)17-19-40(34,35)5)47-38(44)25-37(43)41-20-23-46-32(27-45-6)26-42-21-7-8-22-42/h12,28-29,31-36H,7-11,13-27H2,1-6H3,(H,41,43)/t29-,31+,32?,33+,34-,35+,36+,39+,40-/m1/s1. The summed E-state index contributed by atoms with van der Waals surface area (Å²) in [5.41, 5.74) is 2.24. The number of hydrogen-bond donors (Lipinski definition) is 1. The Morgan fingerprint density at radius 1 is 1.02 bits per heavy atom. The first-order chi connectivity index (χ1) is 22.5. The molecule has 0 aromatic heterocycles. The number of likely N-dealkylation sites (tertiary alicyclic amines) is 1. The molecule has 0 aromatic carbocycles. The molecule has 1 saturated heterocycles. The monoisotopic (exact) mass is 657 g/mol. The second kappa shape index (κ2) is 16.5. The Hall–Kier alpha value is -1.44. The van der Waals surface area contributed by atoms with Gasteiger partial charge in [-0.05, 0) is 117 Å². The van der Waals surface area contributed by atoms with Gasteiger partial charge in [-0.15, -0.1) is 0 Å². The molecule has 5 rings (SSSR count). The van der Waals surface area contributed by atoms with Crippen LogP contribution >= 0.6 is 0 Å². The average Bonchev–Trinajstić information content (AvgIpc) is 3.66. The van der Waals surface area contributed by atoms with E-state index in [0.29, 0.717) is 25.2 Å². The predicted octanol–water partition coefficient (Wildman–Crippen LogP) is 7.57. The smallest absolute Gasteiger partial charge is 0.315 e. The number of amides is 1. The maximum Gasteiger partial charge on any atom is 0.315 e. The molecule has 7 heteroatoms. The number of methoxy groups -OCH3 is 1. The molecular formula is C40H68N2O5. The van der Waals surface area contributed by atoms with Crippen molar-refractivity contribution in [3.63, 3.8) is 0 Å². The minimum absolute atomic E-state index is 0.0114. The van der Waals surface area contributed by atoms with Gasteiger partial charge < -0.3 is 24.4 Å². The number of fused-ring (bicyclic) bond motifs is 5. The van der Waals surface area contributed by atoms with E-state index in [1.807, 2.05) is 0 Å². The minimum Gasteiger partial charge on any atom is -0.462 e. The molecule has 9 atom stereocenters. The molecule has 7 nitrogen and oxygen atoms in total. The lowest BCUT2D eigenvalue weighted by atomic mass is 9.47. The Morgan fingerprint density at radius 2 is 1.81 bits per heavy atom. The van der Waals surface area contributed by atoms with Crippen molar-refractivity contribution in [1.82, 2.24) is 10.2 Å². The van der Waals surface area contributed by atoms with Gasteiger partial charge in [0.25, 0.3) is 0 Å². The Balaban J connectivity index is 1.06. The highest BCUT2D eigenvalue weighted by atomic mass is 16.5. The molecule has 0 radical (unpaired) electrons. The molecule has 1 N–H and O–H groups in total. The number of hydrogen-bond acceptors (Lipinski definition) is 6. The number of ether oxygens (including phenoxy) is 3. The van der Waals surface area contributed by atoms with Crippen LogP contribution in [0.1, 0.15) is 125 Å². The van der Waals surface area contributed by atoms with Gasteiger partial charge in [-0.1, -0.05) is 65.5 Å². The number of nitrogens with one attached hydrogen (secondary N) is 1. The largest absolute Gasteiger partial charge is 0.462 e. The Kier molecular flexibility index (Phi) is 12.9. The summed E-state index contributed by atoms with van der Waals surface area (Å²) in [5, 5.41) is 2.84. The highest BCUT2D eigenvalue weighted by Gasteiger charge is 2.59. The first-order valence-corrected chi connectivity index (χ1v) is 19.5. The topological polar surface area (TPSA) is 77.1 Å². The fourth-order valence-electron chi connectivity index (χ4n) is 11.2. The van der Waals surface area contributed by atoms with Crippen molar-refractivity contribution in [2.24, 2.45) is 46.3 Å². The molecule has 1 unspecified atom stereocenters. The second-order valence-electron chi connectivity index (χ2n) is 17.1. The van der Waals surface area contributed by atoms with Gasteiger partial charge in [0.1, 0.15) is 12.5 Å². The minimum atomic E-state index is -0.412. The quantitative estimate of drug-likeness (QED) is 0.0799. The summed E-state index contributed by atoms with van der Waals surface area (Å²) in [7, 11) is 1.69. The molecule has 4 aliphatic carbocycles. The fourth-order valence-corrected chi connectivity index (χ4v) is 11.2. The summed E-state index contributed by atoms with van der Waals surface area (Å²) < 4.78 is 17.2. The lowest BCUT2D eigenvalue weighted by Gasteiger charge is -2.58. The van der Waals surface area contributed by atoms with E-state index >= 15 is 0 Å². The first-order valence-electron chi connectivity index (χ1n) is 19.5. The molecule has 0 spiro atoms. The van der Waals surface area contributed by atoms with Crippen molar-refractivity contribution >= 4 is 11.9 Å². The van der Waals surface area contributed by atoms with Gasteiger partial charge >= 0.3 is 5.97 Å².